The van der Waals surface area contributed by atoms with Gasteiger partial charge in [0.2, 0.25) is 5.89 Å². The van der Waals surface area contributed by atoms with Crippen LogP contribution in [-0.2, 0) is 0 Å². The molecule has 1 aromatic heterocycles. The number of anilines is 1. The minimum atomic E-state index is -0.298. The lowest BCUT2D eigenvalue weighted by atomic mass is 9.95. The lowest BCUT2D eigenvalue weighted by molar-refractivity contribution is 0.0883. The highest BCUT2D eigenvalue weighted by Crippen LogP contribution is 2.15. The summed E-state index contributed by atoms with van der Waals surface area (Å²) in [6.07, 6.45) is 0.663. The number of aliphatic hydroxyl groups excluding tert-OH is 1. The average Bonchev–Trinajstić information content (AvgIpc) is 2.77. The van der Waals surface area contributed by atoms with E-state index >= 15 is 0 Å². The van der Waals surface area contributed by atoms with Crippen molar-refractivity contribution in [1.29, 1.82) is 0 Å². The van der Waals surface area contributed by atoms with Gasteiger partial charge in [-0.1, -0.05) is 13.8 Å². The molecule has 2 atom stereocenters. The molecule has 2 heterocycles. The Morgan fingerprint density at radius 3 is 3.06 bits per heavy atom. The van der Waals surface area contributed by atoms with E-state index in [1.807, 2.05) is 13.8 Å². The first-order valence-electron chi connectivity index (χ1n) is 6.13. The second-order valence-corrected chi connectivity index (χ2v) is 4.81. The molecular weight excluding hydrogens is 220 g/mol. The summed E-state index contributed by atoms with van der Waals surface area (Å²) in [7, 11) is 0. The summed E-state index contributed by atoms with van der Waals surface area (Å²) in [6.45, 7) is 6.31. The number of β-amino-alcohol motifs (C(OH)–C–C–N with tert-alkyl or cyclic N) is 1. The van der Waals surface area contributed by atoms with E-state index in [-0.39, 0.29) is 17.9 Å². The van der Waals surface area contributed by atoms with E-state index in [4.69, 9.17) is 4.52 Å². The highest BCUT2D eigenvalue weighted by Gasteiger charge is 2.23. The van der Waals surface area contributed by atoms with Gasteiger partial charge in [0.1, 0.15) is 0 Å². The fourth-order valence-corrected chi connectivity index (χ4v) is 1.90. The molecule has 0 bridgehead atoms. The van der Waals surface area contributed by atoms with Crippen molar-refractivity contribution in [2.75, 3.05) is 25.0 Å². The lowest BCUT2D eigenvalue weighted by Gasteiger charge is -2.28. The topological polar surface area (TPSA) is 83.2 Å². The van der Waals surface area contributed by atoms with E-state index in [1.54, 1.807) is 0 Å². The summed E-state index contributed by atoms with van der Waals surface area (Å²) in [5, 5.41) is 19.9. The van der Waals surface area contributed by atoms with E-state index in [9.17, 15) is 5.11 Å². The maximum atomic E-state index is 9.77. The normalized spacial score (nSPS) is 25.2. The molecule has 0 radical (unpaired) electrons. The van der Waals surface area contributed by atoms with Crippen LogP contribution in [0.4, 0.5) is 5.95 Å². The fraction of sp³-hybridized carbons (Fsp3) is 0.818. The minimum absolute atomic E-state index is 0.238. The maximum absolute atomic E-state index is 9.77. The summed E-state index contributed by atoms with van der Waals surface area (Å²) in [6, 6.07) is 0. The lowest BCUT2D eigenvalue weighted by Crippen LogP contribution is -2.43. The van der Waals surface area contributed by atoms with Gasteiger partial charge in [0.05, 0.1) is 6.10 Å². The number of hydrogen-bond acceptors (Lipinski definition) is 6. The molecule has 1 aromatic rings. The zero-order valence-electron chi connectivity index (χ0n) is 10.3. The zero-order chi connectivity index (χ0) is 12.3. The Morgan fingerprint density at radius 2 is 2.41 bits per heavy atom. The third kappa shape index (κ3) is 3.17. The van der Waals surface area contributed by atoms with Crippen LogP contribution >= 0.6 is 0 Å². The van der Waals surface area contributed by atoms with Crippen LogP contribution in [0, 0.1) is 5.92 Å². The van der Waals surface area contributed by atoms with Crippen LogP contribution in [0.5, 0.6) is 0 Å². The molecule has 0 saturated carbocycles. The summed E-state index contributed by atoms with van der Waals surface area (Å²) in [5.74, 6) is 1.64. The van der Waals surface area contributed by atoms with Gasteiger partial charge in [-0.15, -0.1) is 0 Å². The van der Waals surface area contributed by atoms with Crippen LogP contribution in [0.25, 0.3) is 0 Å². The van der Waals surface area contributed by atoms with Crippen LogP contribution < -0.4 is 10.6 Å². The summed E-state index contributed by atoms with van der Waals surface area (Å²) < 4.78 is 5.09. The average molecular weight is 240 g/mol. The van der Waals surface area contributed by atoms with Crippen LogP contribution in [0.3, 0.4) is 0 Å². The van der Waals surface area contributed by atoms with Crippen LogP contribution in [0.15, 0.2) is 4.52 Å². The smallest absolute Gasteiger partial charge is 0.263 e. The highest BCUT2D eigenvalue weighted by atomic mass is 16.5. The Bertz CT molecular complexity index is 353. The number of rotatable bonds is 4. The van der Waals surface area contributed by atoms with Gasteiger partial charge in [-0.05, 0) is 18.1 Å². The van der Waals surface area contributed by atoms with Gasteiger partial charge >= 0.3 is 0 Å². The molecule has 6 nitrogen and oxygen atoms in total. The second-order valence-electron chi connectivity index (χ2n) is 4.81. The first kappa shape index (κ1) is 12.3. The van der Waals surface area contributed by atoms with E-state index in [0.29, 0.717) is 24.9 Å². The van der Waals surface area contributed by atoms with Crippen molar-refractivity contribution >= 4 is 5.95 Å². The third-order valence-electron chi connectivity index (χ3n) is 3.05. The van der Waals surface area contributed by atoms with E-state index < -0.39 is 0 Å². The van der Waals surface area contributed by atoms with Crippen molar-refractivity contribution in [2.24, 2.45) is 5.92 Å². The van der Waals surface area contributed by atoms with Crippen molar-refractivity contribution in [3.05, 3.63) is 5.89 Å². The highest BCUT2D eigenvalue weighted by molar-refractivity contribution is 5.22. The van der Waals surface area contributed by atoms with Gasteiger partial charge in [0.15, 0.2) is 0 Å². The molecule has 0 aromatic carbocycles. The Morgan fingerprint density at radius 1 is 1.59 bits per heavy atom. The van der Waals surface area contributed by atoms with Crippen molar-refractivity contribution < 1.29 is 9.63 Å². The molecule has 6 heteroatoms. The van der Waals surface area contributed by atoms with Gasteiger partial charge in [-0.2, -0.15) is 4.98 Å². The minimum Gasteiger partial charge on any atom is -0.391 e. The van der Waals surface area contributed by atoms with Crippen LogP contribution in [-0.4, -0.2) is 41.0 Å². The number of hydrogen-bond donors (Lipinski definition) is 3. The number of nitrogens with zero attached hydrogens (tertiary/aromatic N) is 2. The van der Waals surface area contributed by atoms with Crippen molar-refractivity contribution in [2.45, 2.75) is 32.3 Å². The number of nitrogens with one attached hydrogen (secondary N) is 2. The maximum Gasteiger partial charge on any atom is 0.263 e. The molecule has 1 aliphatic heterocycles. The molecule has 1 fully saturated rings. The predicted molar refractivity (Wildman–Crippen MR) is 63.9 cm³/mol. The van der Waals surface area contributed by atoms with E-state index in [2.05, 4.69) is 20.8 Å². The zero-order valence-corrected chi connectivity index (χ0v) is 10.3. The Hall–Kier alpha value is -1.14. The Balaban J connectivity index is 1.84. The number of aliphatic hydroxyl groups is 1. The fourth-order valence-electron chi connectivity index (χ4n) is 1.90. The summed E-state index contributed by atoms with van der Waals surface area (Å²) in [5.41, 5.74) is 0. The molecule has 0 amide bonds. The SMILES string of the molecule is CC(C)c1nc(NC[C@@H]2CCNC[C@H]2O)no1. The molecule has 1 saturated heterocycles. The third-order valence-corrected chi connectivity index (χ3v) is 3.05. The van der Waals surface area contributed by atoms with Gasteiger partial charge in [-0.25, -0.2) is 0 Å². The molecule has 2 rings (SSSR count). The molecule has 0 aliphatic carbocycles. The summed E-state index contributed by atoms with van der Waals surface area (Å²) in [4.78, 5) is 4.23. The second kappa shape index (κ2) is 5.46. The van der Waals surface area contributed by atoms with E-state index in [1.165, 1.54) is 0 Å². The van der Waals surface area contributed by atoms with Crippen molar-refractivity contribution in [1.82, 2.24) is 15.5 Å². The standard InChI is InChI=1S/C11H20N4O2/c1-7(2)10-14-11(15-17-10)13-5-8-3-4-12-6-9(8)16/h7-9,12,16H,3-6H2,1-2H3,(H,13,15)/t8-,9+/m0/s1. The van der Waals surface area contributed by atoms with Gasteiger partial charge in [0, 0.05) is 24.9 Å². The van der Waals surface area contributed by atoms with Crippen LogP contribution in [0.1, 0.15) is 32.1 Å². The molecule has 3 N–H and O–H groups in total. The van der Waals surface area contributed by atoms with Gasteiger partial charge in [0.25, 0.3) is 5.95 Å². The first-order chi connectivity index (χ1) is 8.16. The quantitative estimate of drug-likeness (QED) is 0.714. The van der Waals surface area contributed by atoms with E-state index in [0.717, 1.165) is 13.0 Å². The predicted octanol–water partition coefficient (Wildman–Crippen LogP) is 0.575. The number of piperidine rings is 1. The number of aromatic nitrogens is 2. The van der Waals surface area contributed by atoms with Crippen LogP contribution in [0.2, 0.25) is 0 Å². The first-order valence-corrected chi connectivity index (χ1v) is 6.13. The summed E-state index contributed by atoms with van der Waals surface area (Å²) >= 11 is 0. The van der Waals surface area contributed by atoms with Gasteiger partial charge < -0.3 is 20.3 Å². The Labute approximate surface area is 101 Å². The molecule has 0 unspecified atom stereocenters. The van der Waals surface area contributed by atoms with Crippen molar-refractivity contribution in [3.8, 4) is 0 Å². The molecule has 17 heavy (non-hydrogen) atoms. The largest absolute Gasteiger partial charge is 0.391 e. The Kier molecular flexibility index (Phi) is 3.96. The van der Waals surface area contributed by atoms with Gasteiger partial charge in [-0.3, -0.25) is 0 Å². The molecular formula is C11H20N4O2. The molecule has 96 valence electrons. The monoisotopic (exact) mass is 240 g/mol. The molecule has 0 spiro atoms. The molecule has 1 aliphatic rings. The van der Waals surface area contributed by atoms with Crippen molar-refractivity contribution in [3.63, 3.8) is 0 Å².